The number of amides is 2. The van der Waals surface area contributed by atoms with Crippen molar-refractivity contribution >= 4 is 11.8 Å². The highest BCUT2D eigenvalue weighted by atomic mass is 16.2. The number of piperidine rings is 2. The second-order valence-electron chi connectivity index (χ2n) is 6.32. The molecule has 0 aromatic heterocycles. The van der Waals surface area contributed by atoms with Gasteiger partial charge in [-0.15, -0.1) is 0 Å². The van der Waals surface area contributed by atoms with Crippen molar-refractivity contribution in [1.82, 2.24) is 9.80 Å². The van der Waals surface area contributed by atoms with Crippen molar-refractivity contribution in [2.24, 2.45) is 5.92 Å². The van der Waals surface area contributed by atoms with Crippen LogP contribution in [0.3, 0.4) is 0 Å². The van der Waals surface area contributed by atoms with E-state index in [0.717, 1.165) is 44.3 Å². The molecule has 118 valence electrons. The van der Waals surface area contributed by atoms with Crippen molar-refractivity contribution in [1.29, 1.82) is 0 Å². The summed E-state index contributed by atoms with van der Waals surface area (Å²) < 4.78 is 0. The fraction of sp³-hybridized carbons (Fsp3) is 0.556. The summed E-state index contributed by atoms with van der Waals surface area (Å²) in [6, 6.07) is 9.40. The van der Waals surface area contributed by atoms with E-state index in [9.17, 15) is 9.59 Å². The molecule has 0 bridgehead atoms. The Morgan fingerprint density at radius 3 is 2.09 bits per heavy atom. The molecular formula is C18H24N2O2. The SMILES string of the molecule is O=C(c1ccccc1)N1CCC(C(=O)N2CCCCC2)CC1. The van der Waals surface area contributed by atoms with E-state index in [1.165, 1.54) is 6.42 Å². The topological polar surface area (TPSA) is 40.6 Å². The van der Waals surface area contributed by atoms with Gasteiger partial charge < -0.3 is 9.80 Å². The zero-order chi connectivity index (χ0) is 15.4. The smallest absolute Gasteiger partial charge is 0.253 e. The fourth-order valence-electron chi connectivity index (χ4n) is 3.47. The van der Waals surface area contributed by atoms with E-state index in [0.29, 0.717) is 19.0 Å². The van der Waals surface area contributed by atoms with Gasteiger partial charge in [-0.05, 0) is 44.2 Å². The van der Waals surface area contributed by atoms with Gasteiger partial charge in [0.25, 0.3) is 5.91 Å². The molecule has 0 unspecified atom stereocenters. The number of carbonyl (C=O) groups is 2. The van der Waals surface area contributed by atoms with Crippen molar-refractivity contribution in [3.8, 4) is 0 Å². The van der Waals surface area contributed by atoms with Gasteiger partial charge in [0.1, 0.15) is 0 Å². The molecule has 22 heavy (non-hydrogen) atoms. The maximum absolute atomic E-state index is 12.5. The van der Waals surface area contributed by atoms with Gasteiger partial charge >= 0.3 is 0 Å². The Morgan fingerprint density at radius 2 is 1.45 bits per heavy atom. The zero-order valence-corrected chi connectivity index (χ0v) is 13.0. The minimum absolute atomic E-state index is 0.0875. The summed E-state index contributed by atoms with van der Waals surface area (Å²) in [7, 11) is 0. The number of likely N-dealkylation sites (tertiary alicyclic amines) is 2. The molecule has 4 nitrogen and oxygen atoms in total. The van der Waals surface area contributed by atoms with Gasteiger partial charge in [-0.1, -0.05) is 18.2 Å². The highest BCUT2D eigenvalue weighted by Crippen LogP contribution is 2.23. The normalized spacial score (nSPS) is 20.0. The third-order valence-corrected chi connectivity index (χ3v) is 4.82. The standard InChI is InChI=1S/C18H24N2O2/c21-17(15-7-3-1-4-8-15)20-13-9-16(10-14-20)18(22)19-11-5-2-6-12-19/h1,3-4,7-8,16H,2,5-6,9-14H2. The van der Waals surface area contributed by atoms with Crippen LogP contribution in [0.2, 0.25) is 0 Å². The number of nitrogens with zero attached hydrogens (tertiary/aromatic N) is 2. The second kappa shape index (κ2) is 6.95. The largest absolute Gasteiger partial charge is 0.342 e. The van der Waals surface area contributed by atoms with Gasteiger partial charge in [0.05, 0.1) is 0 Å². The molecule has 4 heteroatoms. The Labute approximate surface area is 132 Å². The second-order valence-corrected chi connectivity index (χ2v) is 6.32. The molecule has 2 fully saturated rings. The zero-order valence-electron chi connectivity index (χ0n) is 13.0. The van der Waals surface area contributed by atoms with Crippen molar-refractivity contribution in [3.63, 3.8) is 0 Å². The van der Waals surface area contributed by atoms with E-state index >= 15 is 0 Å². The van der Waals surface area contributed by atoms with Crippen molar-refractivity contribution in [3.05, 3.63) is 35.9 Å². The van der Waals surface area contributed by atoms with E-state index in [4.69, 9.17) is 0 Å². The minimum atomic E-state index is 0.0875. The van der Waals surface area contributed by atoms with Crippen LogP contribution in [0.1, 0.15) is 42.5 Å². The van der Waals surface area contributed by atoms with Crippen molar-refractivity contribution in [2.75, 3.05) is 26.2 Å². The third kappa shape index (κ3) is 3.32. The summed E-state index contributed by atoms with van der Waals surface area (Å²) in [5, 5.41) is 0. The van der Waals surface area contributed by atoms with Gasteiger partial charge in [0, 0.05) is 37.7 Å². The Bertz CT molecular complexity index is 515. The lowest BCUT2D eigenvalue weighted by atomic mass is 9.94. The van der Waals surface area contributed by atoms with Crippen LogP contribution in [0, 0.1) is 5.92 Å². The number of benzene rings is 1. The Balaban J connectivity index is 1.54. The molecule has 3 rings (SSSR count). The first-order chi connectivity index (χ1) is 10.8. The van der Waals surface area contributed by atoms with Crippen LogP contribution in [0.4, 0.5) is 0 Å². The lowest BCUT2D eigenvalue weighted by Crippen LogP contribution is -2.45. The molecular weight excluding hydrogens is 276 g/mol. The first-order valence-corrected chi connectivity index (χ1v) is 8.39. The van der Waals surface area contributed by atoms with Crippen LogP contribution < -0.4 is 0 Å². The van der Waals surface area contributed by atoms with Crippen LogP contribution in [0.15, 0.2) is 30.3 Å². The van der Waals surface area contributed by atoms with Gasteiger partial charge in [0.15, 0.2) is 0 Å². The number of rotatable bonds is 2. The molecule has 1 aromatic rings. The lowest BCUT2D eigenvalue weighted by Gasteiger charge is -2.35. The van der Waals surface area contributed by atoms with E-state index in [1.54, 1.807) is 0 Å². The first-order valence-electron chi connectivity index (χ1n) is 8.39. The van der Waals surface area contributed by atoms with Crippen LogP contribution in [-0.4, -0.2) is 47.8 Å². The molecule has 0 aliphatic carbocycles. The van der Waals surface area contributed by atoms with Crippen molar-refractivity contribution in [2.45, 2.75) is 32.1 Å². The van der Waals surface area contributed by atoms with Crippen LogP contribution in [0.5, 0.6) is 0 Å². The van der Waals surface area contributed by atoms with E-state index in [-0.39, 0.29) is 11.8 Å². The molecule has 0 radical (unpaired) electrons. The molecule has 0 atom stereocenters. The first kappa shape index (κ1) is 15.1. The van der Waals surface area contributed by atoms with Gasteiger partial charge in [0.2, 0.25) is 5.91 Å². The lowest BCUT2D eigenvalue weighted by molar-refractivity contribution is -0.137. The summed E-state index contributed by atoms with van der Waals surface area (Å²) in [4.78, 5) is 28.8. The summed E-state index contributed by atoms with van der Waals surface area (Å²) in [5.74, 6) is 0.508. The van der Waals surface area contributed by atoms with E-state index in [1.807, 2.05) is 40.1 Å². The Kier molecular flexibility index (Phi) is 4.76. The minimum Gasteiger partial charge on any atom is -0.342 e. The Morgan fingerprint density at radius 1 is 0.818 bits per heavy atom. The maximum Gasteiger partial charge on any atom is 0.253 e. The summed E-state index contributed by atoms with van der Waals surface area (Å²) in [5.41, 5.74) is 0.739. The molecule has 1 aromatic carbocycles. The summed E-state index contributed by atoms with van der Waals surface area (Å²) in [6.07, 6.45) is 5.11. The molecule has 2 heterocycles. The van der Waals surface area contributed by atoms with E-state index in [2.05, 4.69) is 0 Å². The van der Waals surface area contributed by atoms with Gasteiger partial charge in [-0.25, -0.2) is 0 Å². The highest BCUT2D eigenvalue weighted by Gasteiger charge is 2.30. The Hall–Kier alpha value is -1.84. The maximum atomic E-state index is 12.5. The molecule has 0 N–H and O–H groups in total. The average Bonchev–Trinajstić information content (AvgIpc) is 2.62. The van der Waals surface area contributed by atoms with E-state index < -0.39 is 0 Å². The summed E-state index contributed by atoms with van der Waals surface area (Å²) in [6.45, 7) is 3.22. The molecule has 2 amide bonds. The third-order valence-electron chi connectivity index (χ3n) is 4.82. The quantitative estimate of drug-likeness (QED) is 0.842. The van der Waals surface area contributed by atoms with Gasteiger partial charge in [-0.3, -0.25) is 9.59 Å². The number of hydrogen-bond acceptors (Lipinski definition) is 2. The predicted molar refractivity (Wildman–Crippen MR) is 85.5 cm³/mol. The highest BCUT2D eigenvalue weighted by molar-refractivity contribution is 5.94. The summed E-state index contributed by atoms with van der Waals surface area (Å²) >= 11 is 0. The molecule has 2 saturated heterocycles. The molecule has 0 saturated carbocycles. The molecule has 2 aliphatic rings. The number of hydrogen-bond donors (Lipinski definition) is 0. The van der Waals surface area contributed by atoms with Crippen LogP contribution in [-0.2, 0) is 4.79 Å². The molecule has 2 aliphatic heterocycles. The van der Waals surface area contributed by atoms with Crippen LogP contribution >= 0.6 is 0 Å². The van der Waals surface area contributed by atoms with Gasteiger partial charge in [-0.2, -0.15) is 0 Å². The average molecular weight is 300 g/mol. The molecule has 0 spiro atoms. The predicted octanol–water partition coefficient (Wildman–Crippen LogP) is 2.55. The van der Waals surface area contributed by atoms with Crippen LogP contribution in [0.25, 0.3) is 0 Å². The monoisotopic (exact) mass is 300 g/mol. The number of carbonyl (C=O) groups excluding carboxylic acids is 2. The van der Waals surface area contributed by atoms with Crippen molar-refractivity contribution < 1.29 is 9.59 Å². The fourth-order valence-corrected chi connectivity index (χ4v) is 3.47.